The van der Waals surface area contributed by atoms with Crippen LogP contribution < -0.4 is 10.0 Å². The molecule has 0 saturated heterocycles. The first-order valence-corrected chi connectivity index (χ1v) is 11.7. The number of aryl methyl sites for hydroxylation is 2. The first-order valence-electron chi connectivity index (χ1n) is 9.41. The van der Waals surface area contributed by atoms with E-state index in [1.54, 1.807) is 24.3 Å². The van der Waals surface area contributed by atoms with E-state index in [-0.39, 0.29) is 21.9 Å². The number of nitrogens with zero attached hydrogens (tertiary/aromatic N) is 4. The number of carbonyl (C=O) groups excluding carboxylic acids is 1. The molecule has 0 aliphatic rings. The van der Waals surface area contributed by atoms with Gasteiger partial charge < -0.3 is 4.52 Å². The van der Waals surface area contributed by atoms with Crippen LogP contribution in [-0.4, -0.2) is 34.7 Å². The summed E-state index contributed by atoms with van der Waals surface area (Å²) < 4.78 is 32.2. The minimum absolute atomic E-state index is 0.0652. The van der Waals surface area contributed by atoms with Crippen molar-refractivity contribution in [3.05, 3.63) is 71.1 Å². The van der Waals surface area contributed by atoms with Crippen LogP contribution in [0.5, 0.6) is 0 Å². The lowest BCUT2D eigenvalue weighted by atomic mass is 10.1. The largest absolute Gasteiger partial charge is 0.338 e. The van der Waals surface area contributed by atoms with E-state index < -0.39 is 15.9 Å². The molecule has 12 heteroatoms. The number of rotatable bonds is 7. The highest BCUT2D eigenvalue weighted by molar-refractivity contribution is 7.91. The summed E-state index contributed by atoms with van der Waals surface area (Å²) in [6, 6.07) is 14.5. The normalized spacial score (nSPS) is 11.4. The van der Waals surface area contributed by atoms with Crippen LogP contribution in [0.1, 0.15) is 27.4 Å². The average Bonchev–Trinajstić information content (AvgIpc) is 3.44. The number of anilines is 1. The predicted molar refractivity (Wildman–Crippen MR) is 118 cm³/mol. The van der Waals surface area contributed by atoms with Crippen LogP contribution in [0.2, 0.25) is 0 Å². The Bertz CT molecular complexity index is 1350. The Morgan fingerprint density at radius 3 is 2.34 bits per heavy atom. The lowest BCUT2D eigenvalue weighted by molar-refractivity contribution is 0.102. The van der Waals surface area contributed by atoms with Gasteiger partial charge >= 0.3 is 0 Å². The quantitative estimate of drug-likeness (QED) is 0.393. The maximum Gasteiger partial charge on any atom is 0.270 e. The summed E-state index contributed by atoms with van der Waals surface area (Å²) in [5.41, 5.74) is 3.29. The van der Waals surface area contributed by atoms with Gasteiger partial charge in [0.1, 0.15) is 0 Å². The SMILES string of the molecule is Cc1ccc(C(=O)Nc2nnc(S(=O)(=O)NCc3nc(-c4ccc(C)cc4)no3)s2)cc1. The van der Waals surface area contributed by atoms with Crippen LogP contribution in [0, 0.1) is 13.8 Å². The van der Waals surface area contributed by atoms with Gasteiger partial charge in [-0.05, 0) is 26.0 Å². The lowest BCUT2D eigenvalue weighted by Gasteiger charge is -2.01. The molecule has 2 N–H and O–H groups in total. The molecule has 0 spiro atoms. The molecule has 1 amide bonds. The van der Waals surface area contributed by atoms with Crippen LogP contribution >= 0.6 is 11.3 Å². The zero-order valence-electron chi connectivity index (χ0n) is 17.1. The minimum atomic E-state index is -3.99. The topological polar surface area (TPSA) is 140 Å². The molecular formula is C20H18N6O4S2. The third-order valence-corrected chi connectivity index (χ3v) is 6.97. The highest BCUT2D eigenvalue weighted by atomic mass is 32.2. The summed E-state index contributed by atoms with van der Waals surface area (Å²) in [5.74, 6) is 0.0466. The van der Waals surface area contributed by atoms with Gasteiger partial charge in [0.15, 0.2) is 0 Å². The molecule has 10 nitrogen and oxygen atoms in total. The van der Waals surface area contributed by atoms with Crippen molar-refractivity contribution < 1.29 is 17.7 Å². The van der Waals surface area contributed by atoms with Gasteiger partial charge in [-0.1, -0.05) is 64.0 Å². The van der Waals surface area contributed by atoms with Crippen molar-refractivity contribution in [1.82, 2.24) is 25.1 Å². The molecule has 32 heavy (non-hydrogen) atoms. The van der Waals surface area contributed by atoms with E-state index >= 15 is 0 Å². The van der Waals surface area contributed by atoms with Crippen molar-refractivity contribution in [2.24, 2.45) is 0 Å². The lowest BCUT2D eigenvalue weighted by Crippen LogP contribution is -2.23. The van der Waals surface area contributed by atoms with Gasteiger partial charge in [-0.2, -0.15) is 9.71 Å². The van der Waals surface area contributed by atoms with Crippen molar-refractivity contribution in [3.8, 4) is 11.4 Å². The molecule has 0 atom stereocenters. The van der Waals surface area contributed by atoms with Crippen molar-refractivity contribution in [1.29, 1.82) is 0 Å². The number of hydrogen-bond donors (Lipinski definition) is 2. The molecule has 0 fully saturated rings. The fraction of sp³-hybridized carbons (Fsp3) is 0.150. The summed E-state index contributed by atoms with van der Waals surface area (Å²) in [6.45, 7) is 3.66. The Hall–Kier alpha value is -3.48. The number of aromatic nitrogens is 4. The monoisotopic (exact) mass is 470 g/mol. The second kappa shape index (κ2) is 8.94. The standard InChI is InChI=1S/C20H18N6O4S2/c1-12-3-7-14(8-4-12)17-22-16(30-26-17)11-21-32(28,29)20-25-24-19(31-20)23-18(27)15-9-5-13(2)6-10-15/h3-10,21H,11H2,1-2H3,(H,23,24,27). The summed E-state index contributed by atoms with van der Waals surface area (Å²) in [4.78, 5) is 16.5. The second-order valence-electron chi connectivity index (χ2n) is 6.90. The number of hydrogen-bond acceptors (Lipinski definition) is 9. The highest BCUT2D eigenvalue weighted by Crippen LogP contribution is 2.21. The third-order valence-electron chi connectivity index (χ3n) is 4.36. The maximum absolute atomic E-state index is 12.5. The van der Waals surface area contributed by atoms with Crippen molar-refractivity contribution >= 4 is 32.4 Å². The van der Waals surface area contributed by atoms with Gasteiger partial charge in [0.05, 0.1) is 6.54 Å². The number of amides is 1. The van der Waals surface area contributed by atoms with E-state index in [4.69, 9.17) is 4.52 Å². The van der Waals surface area contributed by atoms with Crippen molar-refractivity contribution in [2.45, 2.75) is 24.7 Å². The zero-order valence-corrected chi connectivity index (χ0v) is 18.7. The predicted octanol–water partition coefficient (Wildman–Crippen LogP) is 2.94. The highest BCUT2D eigenvalue weighted by Gasteiger charge is 2.22. The molecule has 164 valence electrons. The van der Waals surface area contributed by atoms with E-state index in [0.29, 0.717) is 11.4 Å². The molecule has 0 aliphatic heterocycles. The summed E-state index contributed by atoms with van der Waals surface area (Å²) >= 11 is 0.733. The minimum Gasteiger partial charge on any atom is -0.338 e. The first kappa shape index (κ1) is 21.7. The van der Waals surface area contributed by atoms with Crippen LogP contribution in [-0.2, 0) is 16.6 Å². The Balaban J connectivity index is 1.39. The number of carbonyl (C=O) groups is 1. The smallest absolute Gasteiger partial charge is 0.270 e. The molecule has 4 aromatic rings. The Morgan fingerprint density at radius 1 is 1.00 bits per heavy atom. The van der Waals surface area contributed by atoms with Crippen LogP contribution in [0.3, 0.4) is 0 Å². The van der Waals surface area contributed by atoms with Gasteiger partial charge in [-0.3, -0.25) is 10.1 Å². The van der Waals surface area contributed by atoms with Crippen LogP contribution in [0.15, 0.2) is 57.4 Å². The van der Waals surface area contributed by atoms with E-state index in [2.05, 4.69) is 30.4 Å². The number of sulfonamides is 1. The molecule has 0 unspecified atom stereocenters. The van der Waals surface area contributed by atoms with Gasteiger partial charge in [-0.25, -0.2) is 8.42 Å². The summed E-state index contributed by atoms with van der Waals surface area (Å²) in [7, 11) is -3.99. The molecular weight excluding hydrogens is 452 g/mol. The Morgan fingerprint density at radius 2 is 1.66 bits per heavy atom. The van der Waals surface area contributed by atoms with Gasteiger partial charge in [-0.15, -0.1) is 10.2 Å². The Labute approximate surface area is 187 Å². The van der Waals surface area contributed by atoms with Gasteiger partial charge in [0, 0.05) is 11.1 Å². The van der Waals surface area contributed by atoms with Crippen molar-refractivity contribution in [2.75, 3.05) is 5.32 Å². The summed E-state index contributed by atoms with van der Waals surface area (Å²) in [6.07, 6.45) is 0. The molecule has 0 aliphatic carbocycles. The number of nitrogens with one attached hydrogen (secondary N) is 2. The molecule has 2 aromatic heterocycles. The summed E-state index contributed by atoms with van der Waals surface area (Å²) in [5, 5.41) is 13.9. The second-order valence-corrected chi connectivity index (χ2v) is 9.81. The molecule has 4 rings (SSSR count). The number of benzene rings is 2. The van der Waals surface area contributed by atoms with Crippen LogP contribution in [0.25, 0.3) is 11.4 Å². The van der Waals surface area contributed by atoms with Gasteiger partial charge in [0.25, 0.3) is 15.9 Å². The zero-order chi connectivity index (χ0) is 22.7. The first-order chi connectivity index (χ1) is 15.3. The maximum atomic E-state index is 12.5. The molecule has 2 heterocycles. The molecule has 0 bridgehead atoms. The van der Waals surface area contributed by atoms with Crippen LogP contribution in [0.4, 0.5) is 5.13 Å². The Kier molecular flexibility index (Phi) is 6.08. The average molecular weight is 471 g/mol. The van der Waals surface area contributed by atoms with E-state index in [9.17, 15) is 13.2 Å². The fourth-order valence-electron chi connectivity index (χ4n) is 2.61. The van der Waals surface area contributed by atoms with E-state index in [0.717, 1.165) is 28.0 Å². The van der Waals surface area contributed by atoms with Gasteiger partial charge in [0.2, 0.25) is 21.2 Å². The third kappa shape index (κ3) is 5.04. The fourth-order valence-corrected chi connectivity index (χ4v) is 4.52. The molecule has 2 aromatic carbocycles. The van der Waals surface area contributed by atoms with E-state index in [1.807, 2.05) is 38.1 Å². The molecule has 0 saturated carbocycles. The molecule has 0 radical (unpaired) electrons. The van der Waals surface area contributed by atoms with E-state index in [1.165, 1.54) is 0 Å². The van der Waals surface area contributed by atoms with Crippen molar-refractivity contribution in [3.63, 3.8) is 0 Å².